The second-order valence-corrected chi connectivity index (χ2v) is 6.91. The van der Waals surface area contributed by atoms with E-state index in [0.29, 0.717) is 0 Å². The number of fused-ring (bicyclic) bond motifs is 1. The van der Waals surface area contributed by atoms with Crippen molar-refractivity contribution in [2.75, 3.05) is 5.75 Å². The third-order valence-electron chi connectivity index (χ3n) is 3.19. The second kappa shape index (κ2) is 4.49. The SMILES string of the molecule is CC(N)CC1CS(=O)(=O)c2cccc(C(F)(F)F)c21. The number of rotatable bonds is 2. The van der Waals surface area contributed by atoms with Gasteiger partial charge in [-0.3, -0.25) is 0 Å². The molecule has 0 amide bonds. The van der Waals surface area contributed by atoms with Gasteiger partial charge >= 0.3 is 6.18 Å². The van der Waals surface area contributed by atoms with Crippen LogP contribution in [0, 0.1) is 0 Å². The van der Waals surface area contributed by atoms with Crippen molar-refractivity contribution >= 4 is 9.84 Å². The molecular formula is C12H14F3NO2S. The van der Waals surface area contributed by atoms with Gasteiger partial charge in [0.2, 0.25) is 0 Å². The summed E-state index contributed by atoms with van der Waals surface area (Å²) in [5.74, 6) is -0.977. The van der Waals surface area contributed by atoms with E-state index in [1.165, 1.54) is 6.07 Å². The lowest BCUT2D eigenvalue weighted by atomic mass is 9.91. The molecule has 2 unspecified atom stereocenters. The maximum absolute atomic E-state index is 13.0. The van der Waals surface area contributed by atoms with Crippen LogP contribution in [0.5, 0.6) is 0 Å². The Hall–Kier alpha value is -1.08. The summed E-state index contributed by atoms with van der Waals surface area (Å²) in [4.78, 5) is -0.201. The molecule has 0 fully saturated rings. The van der Waals surface area contributed by atoms with Gasteiger partial charge in [-0.2, -0.15) is 13.2 Å². The summed E-state index contributed by atoms with van der Waals surface area (Å²) in [6.07, 6.45) is -4.33. The van der Waals surface area contributed by atoms with Crippen LogP contribution in [0.25, 0.3) is 0 Å². The molecule has 7 heteroatoms. The van der Waals surface area contributed by atoms with Crippen molar-refractivity contribution in [3.05, 3.63) is 29.3 Å². The lowest BCUT2D eigenvalue weighted by molar-refractivity contribution is -0.138. The number of nitrogens with two attached hydrogens (primary N) is 1. The molecule has 1 aliphatic heterocycles. The summed E-state index contributed by atoms with van der Waals surface area (Å²) in [7, 11) is -3.64. The number of alkyl halides is 3. The number of hydrogen-bond acceptors (Lipinski definition) is 3. The Morgan fingerprint density at radius 2 is 2.05 bits per heavy atom. The molecule has 1 aromatic carbocycles. The Labute approximate surface area is 109 Å². The Balaban J connectivity index is 2.63. The normalized spacial score (nSPS) is 23.1. The largest absolute Gasteiger partial charge is 0.416 e. The van der Waals surface area contributed by atoms with Crippen molar-refractivity contribution in [1.82, 2.24) is 0 Å². The molecular weight excluding hydrogens is 279 g/mol. The molecule has 2 N–H and O–H groups in total. The predicted molar refractivity (Wildman–Crippen MR) is 64.5 cm³/mol. The van der Waals surface area contributed by atoms with Gasteiger partial charge in [0.1, 0.15) is 0 Å². The van der Waals surface area contributed by atoms with Crippen molar-refractivity contribution in [1.29, 1.82) is 0 Å². The first kappa shape index (κ1) is 14.3. The summed E-state index contributed by atoms with van der Waals surface area (Å²) >= 11 is 0. The van der Waals surface area contributed by atoms with Crippen LogP contribution in [-0.2, 0) is 16.0 Å². The van der Waals surface area contributed by atoms with Gasteiger partial charge < -0.3 is 5.73 Å². The van der Waals surface area contributed by atoms with Gasteiger partial charge in [0.25, 0.3) is 0 Å². The molecule has 2 atom stereocenters. The minimum atomic E-state index is -4.55. The molecule has 0 aromatic heterocycles. The average molecular weight is 293 g/mol. The molecule has 0 saturated heterocycles. The van der Waals surface area contributed by atoms with Gasteiger partial charge in [0.05, 0.1) is 16.2 Å². The summed E-state index contributed by atoms with van der Waals surface area (Å²) in [6, 6.07) is 2.94. The van der Waals surface area contributed by atoms with Crippen LogP contribution in [0.2, 0.25) is 0 Å². The molecule has 0 saturated carbocycles. The van der Waals surface area contributed by atoms with Crippen LogP contribution in [0.15, 0.2) is 23.1 Å². The maximum atomic E-state index is 13.0. The Morgan fingerprint density at radius 3 is 2.58 bits per heavy atom. The first-order valence-corrected chi connectivity index (χ1v) is 7.46. The molecule has 1 aliphatic rings. The van der Waals surface area contributed by atoms with Crippen molar-refractivity contribution in [2.45, 2.75) is 36.4 Å². The second-order valence-electron chi connectivity index (χ2n) is 4.91. The summed E-state index contributed by atoms with van der Waals surface area (Å²) in [6.45, 7) is 1.65. The van der Waals surface area contributed by atoms with Crippen LogP contribution in [0.4, 0.5) is 13.2 Å². The molecule has 0 spiro atoms. The third kappa shape index (κ3) is 2.62. The van der Waals surface area contributed by atoms with Gasteiger partial charge in [-0.1, -0.05) is 6.07 Å². The van der Waals surface area contributed by atoms with Gasteiger partial charge in [-0.05, 0) is 31.0 Å². The quantitative estimate of drug-likeness (QED) is 0.910. The van der Waals surface area contributed by atoms with Crippen molar-refractivity contribution < 1.29 is 21.6 Å². The van der Waals surface area contributed by atoms with Crippen LogP contribution in [-0.4, -0.2) is 20.2 Å². The fourth-order valence-electron chi connectivity index (χ4n) is 2.56. The highest BCUT2D eigenvalue weighted by Crippen LogP contribution is 2.44. The fourth-order valence-corrected chi connectivity index (χ4v) is 4.47. The van der Waals surface area contributed by atoms with E-state index < -0.39 is 27.5 Å². The molecule has 0 bridgehead atoms. The molecule has 1 aromatic rings. The lowest BCUT2D eigenvalue weighted by Gasteiger charge is -2.17. The summed E-state index contributed by atoms with van der Waals surface area (Å²) in [5.41, 5.74) is 4.62. The Morgan fingerprint density at radius 1 is 1.42 bits per heavy atom. The van der Waals surface area contributed by atoms with E-state index in [2.05, 4.69) is 0 Å². The van der Waals surface area contributed by atoms with E-state index in [0.717, 1.165) is 12.1 Å². The van der Waals surface area contributed by atoms with E-state index in [1.807, 2.05) is 0 Å². The monoisotopic (exact) mass is 293 g/mol. The van der Waals surface area contributed by atoms with Crippen LogP contribution in [0.1, 0.15) is 30.4 Å². The van der Waals surface area contributed by atoms with Gasteiger partial charge in [0.15, 0.2) is 9.84 Å². The molecule has 19 heavy (non-hydrogen) atoms. The summed E-state index contributed by atoms with van der Waals surface area (Å²) in [5, 5.41) is 0. The topological polar surface area (TPSA) is 60.2 Å². The maximum Gasteiger partial charge on any atom is 0.416 e. The molecule has 3 nitrogen and oxygen atoms in total. The van der Waals surface area contributed by atoms with E-state index >= 15 is 0 Å². The van der Waals surface area contributed by atoms with E-state index in [9.17, 15) is 21.6 Å². The molecule has 0 aliphatic carbocycles. The average Bonchev–Trinajstić information content (AvgIpc) is 2.48. The van der Waals surface area contributed by atoms with Crippen molar-refractivity contribution in [3.8, 4) is 0 Å². The fraction of sp³-hybridized carbons (Fsp3) is 0.500. The molecule has 1 heterocycles. The third-order valence-corrected chi connectivity index (χ3v) is 5.06. The smallest absolute Gasteiger partial charge is 0.328 e. The number of hydrogen-bond donors (Lipinski definition) is 1. The number of sulfone groups is 1. The minimum Gasteiger partial charge on any atom is -0.328 e. The summed E-state index contributed by atoms with van der Waals surface area (Å²) < 4.78 is 62.8. The number of benzene rings is 1. The van der Waals surface area contributed by atoms with Gasteiger partial charge in [0, 0.05) is 12.0 Å². The van der Waals surface area contributed by atoms with E-state index in [1.54, 1.807) is 6.92 Å². The minimum absolute atomic E-state index is 0.118. The zero-order valence-electron chi connectivity index (χ0n) is 10.2. The number of halogens is 3. The Bertz CT molecular complexity index is 593. The van der Waals surface area contributed by atoms with Gasteiger partial charge in [-0.15, -0.1) is 0 Å². The highest BCUT2D eigenvalue weighted by molar-refractivity contribution is 7.91. The molecule has 106 valence electrons. The lowest BCUT2D eigenvalue weighted by Crippen LogP contribution is -2.21. The zero-order chi connectivity index (χ0) is 14.4. The van der Waals surface area contributed by atoms with Crippen LogP contribution in [0.3, 0.4) is 0 Å². The standard InChI is InChI=1S/C12H14F3NO2S/c1-7(16)5-8-6-19(17,18)10-4-2-3-9(11(8)10)12(13,14)15/h2-4,7-8H,5-6,16H2,1H3. The molecule has 0 radical (unpaired) electrons. The van der Waals surface area contributed by atoms with Gasteiger partial charge in [-0.25, -0.2) is 8.42 Å². The Kier molecular flexibility index (Phi) is 3.38. The zero-order valence-corrected chi connectivity index (χ0v) is 11.1. The van der Waals surface area contributed by atoms with E-state index in [4.69, 9.17) is 5.73 Å². The van der Waals surface area contributed by atoms with Crippen LogP contribution < -0.4 is 5.73 Å². The van der Waals surface area contributed by atoms with Crippen LogP contribution >= 0.6 is 0 Å². The van der Waals surface area contributed by atoms with E-state index in [-0.39, 0.29) is 28.7 Å². The highest BCUT2D eigenvalue weighted by Gasteiger charge is 2.43. The first-order chi connectivity index (χ1) is 8.63. The predicted octanol–water partition coefficient (Wildman–Crippen LogP) is 2.31. The van der Waals surface area contributed by atoms with Crippen molar-refractivity contribution in [3.63, 3.8) is 0 Å². The molecule has 2 rings (SSSR count). The van der Waals surface area contributed by atoms with Crippen molar-refractivity contribution in [2.24, 2.45) is 5.73 Å². The first-order valence-electron chi connectivity index (χ1n) is 5.81. The highest BCUT2D eigenvalue weighted by atomic mass is 32.2.